The van der Waals surface area contributed by atoms with Gasteiger partial charge >= 0.3 is 17.1 Å². The molecular weight excluding hydrogens is 414 g/mol. The van der Waals surface area contributed by atoms with Gasteiger partial charge in [0.2, 0.25) is 0 Å². The molecule has 0 bridgehead atoms. The van der Waals surface area contributed by atoms with Crippen LogP contribution in [0.25, 0.3) is 0 Å². The Labute approximate surface area is 195 Å². The van der Waals surface area contributed by atoms with Gasteiger partial charge in [-0.1, -0.05) is 64.3 Å². The maximum Gasteiger partial charge on any atom is 2.00 e. The molecule has 4 heteroatoms. The molecule has 0 heterocycles. The van der Waals surface area contributed by atoms with Crippen molar-refractivity contribution in [2.45, 2.75) is 80.7 Å². The molecule has 29 heavy (non-hydrogen) atoms. The van der Waals surface area contributed by atoms with E-state index in [0.717, 1.165) is 5.57 Å². The van der Waals surface area contributed by atoms with E-state index in [1.807, 2.05) is 61.2 Å². The van der Waals surface area contributed by atoms with E-state index < -0.39 is 8.07 Å². The zero-order valence-corrected chi connectivity index (χ0v) is 22.1. The monoisotopic (exact) mass is 461 g/mol. The predicted molar refractivity (Wildman–Crippen MR) is 133 cm³/mol. The summed E-state index contributed by atoms with van der Waals surface area (Å²) in [5.74, 6) is 0.183. The van der Waals surface area contributed by atoms with Crippen LogP contribution >= 0.6 is 0 Å². The van der Waals surface area contributed by atoms with E-state index in [4.69, 9.17) is 0 Å². The second-order valence-corrected chi connectivity index (χ2v) is 12.5. The Morgan fingerprint density at radius 1 is 0.966 bits per heavy atom. The molecule has 172 valence electrons. The van der Waals surface area contributed by atoms with Crippen molar-refractivity contribution < 1.29 is 22.2 Å². The van der Waals surface area contributed by atoms with Crippen molar-refractivity contribution in [2.75, 3.05) is 0 Å². The molecule has 0 saturated heterocycles. The predicted octanol–water partition coefficient (Wildman–Crippen LogP) is 7.02. The summed E-state index contributed by atoms with van der Waals surface area (Å²) in [6, 6.07) is 10.5. The summed E-state index contributed by atoms with van der Waals surface area (Å²) in [5, 5.41) is 14.0. The minimum atomic E-state index is -1.45. The molecule has 0 aliphatic heterocycles. The molecule has 0 N–H and O–H groups in total. The molecule has 1 aliphatic rings. The van der Waals surface area contributed by atoms with Gasteiger partial charge in [0.05, 0.1) is 8.07 Å². The van der Waals surface area contributed by atoms with Crippen LogP contribution in [-0.2, 0) is 17.1 Å². The van der Waals surface area contributed by atoms with Crippen LogP contribution in [0.4, 0.5) is 0 Å². The molecule has 1 aromatic rings. The Morgan fingerprint density at radius 3 is 1.66 bits per heavy atom. The van der Waals surface area contributed by atoms with E-state index in [2.05, 4.69) is 53.4 Å². The summed E-state index contributed by atoms with van der Waals surface area (Å²) in [6.07, 6.45) is 6.12. The molecule has 1 aromatic carbocycles. The number of hydrogen-bond donors (Lipinski definition) is 0. The zero-order chi connectivity index (χ0) is 19.6. The zero-order valence-electron chi connectivity index (χ0n) is 20.0. The summed E-state index contributed by atoms with van der Waals surface area (Å²) in [6.45, 7) is 19.2. The van der Waals surface area contributed by atoms with E-state index in [-0.39, 0.29) is 57.3 Å². The molecule has 2 nitrogen and oxygen atoms in total. The minimum Gasteiger partial charge on any atom is -0.860 e. The maximum atomic E-state index is 12.7. The fraction of sp³-hybridized carbons (Fsp3) is 0.480. The van der Waals surface area contributed by atoms with Gasteiger partial charge in [0.25, 0.3) is 0 Å². The Bertz CT molecular complexity index is 539. The maximum absolute atomic E-state index is 12.7. The van der Waals surface area contributed by atoms with Crippen LogP contribution in [0.15, 0.2) is 65.2 Å². The first-order chi connectivity index (χ1) is 11.7. The first kappa shape index (κ1) is 38.5. The van der Waals surface area contributed by atoms with Crippen molar-refractivity contribution in [1.29, 1.82) is 0 Å². The van der Waals surface area contributed by atoms with Crippen LogP contribution in [0.2, 0.25) is 19.6 Å². The molecule has 0 aromatic heterocycles. The smallest absolute Gasteiger partial charge is 0.860 e. The Kier molecular flexibility index (Phi) is 25.1. The van der Waals surface area contributed by atoms with Gasteiger partial charge in [-0.25, -0.2) is 12.1 Å². The summed E-state index contributed by atoms with van der Waals surface area (Å²) in [4.78, 5) is 1.97. The summed E-state index contributed by atoms with van der Waals surface area (Å²) >= 11 is 0. The van der Waals surface area contributed by atoms with Crippen LogP contribution in [0.5, 0.6) is 0 Å². The Balaban J connectivity index is -0.000000151. The number of hydrogen-bond acceptors (Lipinski definition) is 2. The Morgan fingerprint density at radius 2 is 1.38 bits per heavy atom. The first-order valence-corrected chi connectivity index (χ1v) is 12.9. The minimum absolute atomic E-state index is 0. The van der Waals surface area contributed by atoms with Gasteiger partial charge in [0.15, 0.2) is 0 Å². The van der Waals surface area contributed by atoms with Crippen molar-refractivity contribution in [3.63, 3.8) is 0 Å². The normalized spacial score (nSPS) is 13.1. The van der Waals surface area contributed by atoms with Gasteiger partial charge in [-0.15, -0.1) is 0 Å². The second-order valence-electron chi connectivity index (χ2n) is 7.47. The van der Waals surface area contributed by atoms with Crippen LogP contribution in [-0.4, -0.2) is 25.1 Å². The molecule has 0 saturated carbocycles. The van der Waals surface area contributed by atoms with Gasteiger partial charge in [-0.2, -0.15) is 18.2 Å². The second kappa shape index (κ2) is 18.9. The van der Waals surface area contributed by atoms with E-state index in [0.29, 0.717) is 0 Å². The standard InChI is InChI=1S/C15H27NOSi.C5H5.C2H6.CH4.2CH3.Fe/c1-11(2)16(12(3)4)15(17)13-9-8-10-14(13)18(5,6)7;1-2-4-5-3-1;1-2;;;;/h8-12,17H,1-7H3;1-5H;1-2H3;1H4;2*1H3;/q;-1;;;2*-1;+2/p-1/b15-13-;;;;;;. The van der Waals surface area contributed by atoms with Gasteiger partial charge < -0.3 is 24.9 Å². The van der Waals surface area contributed by atoms with Crippen LogP contribution < -0.4 is 5.11 Å². The van der Waals surface area contributed by atoms with Gasteiger partial charge in [-0.05, 0) is 39.2 Å². The molecule has 1 aliphatic carbocycles. The summed E-state index contributed by atoms with van der Waals surface area (Å²) in [5.41, 5.74) is 0.913. The topological polar surface area (TPSA) is 26.3 Å². The molecule has 2 rings (SSSR count). The third-order valence-corrected chi connectivity index (χ3v) is 5.81. The van der Waals surface area contributed by atoms with Crippen molar-refractivity contribution >= 4 is 8.07 Å². The van der Waals surface area contributed by atoms with E-state index >= 15 is 0 Å². The molecule has 0 atom stereocenters. The first-order valence-electron chi connectivity index (χ1n) is 9.41. The fourth-order valence-corrected chi connectivity index (χ4v) is 4.38. The number of allylic oxidation sites excluding steroid dienone is 5. The Hall–Kier alpha value is -1.09. The molecule has 0 unspecified atom stereocenters. The van der Waals surface area contributed by atoms with Crippen LogP contribution in [0.1, 0.15) is 49.0 Å². The third-order valence-electron chi connectivity index (χ3n) is 3.76. The van der Waals surface area contributed by atoms with Crippen molar-refractivity contribution in [1.82, 2.24) is 4.90 Å². The van der Waals surface area contributed by atoms with Crippen LogP contribution in [0, 0.1) is 14.9 Å². The number of rotatable bonds is 4. The summed E-state index contributed by atoms with van der Waals surface area (Å²) in [7, 11) is -1.45. The molecule has 0 radical (unpaired) electrons. The third kappa shape index (κ3) is 12.9. The average molecular weight is 462 g/mol. The van der Waals surface area contributed by atoms with Gasteiger partial charge in [-0.3, -0.25) is 0 Å². The van der Waals surface area contributed by atoms with E-state index in [9.17, 15) is 5.11 Å². The van der Waals surface area contributed by atoms with Gasteiger partial charge in [0.1, 0.15) is 0 Å². The fourth-order valence-electron chi connectivity index (χ4n) is 2.79. The molecular formula is C25H47FeNOSi-2. The van der Waals surface area contributed by atoms with E-state index in [1.165, 1.54) is 5.20 Å². The molecule has 0 fully saturated rings. The van der Waals surface area contributed by atoms with Gasteiger partial charge in [0, 0.05) is 12.1 Å². The van der Waals surface area contributed by atoms with Crippen molar-refractivity contribution in [3.8, 4) is 0 Å². The largest absolute Gasteiger partial charge is 2.00 e. The quantitative estimate of drug-likeness (QED) is 0.274. The summed E-state index contributed by atoms with van der Waals surface area (Å²) < 4.78 is 0. The molecule has 0 amide bonds. The molecule has 0 spiro atoms. The van der Waals surface area contributed by atoms with E-state index in [1.54, 1.807) is 0 Å². The van der Waals surface area contributed by atoms with Crippen LogP contribution in [0.3, 0.4) is 0 Å². The average Bonchev–Trinajstić information content (AvgIpc) is 3.22. The van der Waals surface area contributed by atoms with Crippen molar-refractivity contribution in [3.05, 3.63) is 80.1 Å². The number of nitrogens with zero attached hydrogens (tertiary/aromatic N) is 1. The SMILES string of the molecule is C.CC.CC(C)N(/C([O-])=C1\C=CC=C1[Si](C)(C)C)C(C)C.[CH3-].[CH3-].[Fe+2].c1cc[cH-]c1. The van der Waals surface area contributed by atoms with Crippen molar-refractivity contribution in [2.24, 2.45) is 0 Å².